The summed E-state index contributed by atoms with van der Waals surface area (Å²) in [5.74, 6) is -3.40. The molecule has 1 heterocycles. The molecule has 152 valence electrons. The number of benzene rings is 2. The van der Waals surface area contributed by atoms with Crippen molar-refractivity contribution in [3.05, 3.63) is 72.1 Å². The molecule has 3 N–H and O–H groups in total. The Morgan fingerprint density at radius 1 is 1.21 bits per heavy atom. The summed E-state index contributed by atoms with van der Waals surface area (Å²) in [4.78, 5) is 11.9. The van der Waals surface area contributed by atoms with E-state index in [9.17, 15) is 13.6 Å². The first kappa shape index (κ1) is 20.5. The predicted molar refractivity (Wildman–Crippen MR) is 107 cm³/mol. The lowest BCUT2D eigenvalue weighted by Gasteiger charge is -2.16. The predicted octanol–water partition coefficient (Wildman–Crippen LogP) is 3.34. The number of halogens is 2. The molecule has 0 bridgehead atoms. The smallest absolute Gasteiger partial charge is 0.290 e. The fourth-order valence-electron chi connectivity index (χ4n) is 2.84. The number of nitrogens with two attached hydrogens (primary N) is 1. The number of nitrogen functional groups attached to an aromatic ring is 1. The number of nitrogens with one attached hydrogen (secondary N) is 1. The zero-order chi connectivity index (χ0) is 20.9. The molecule has 3 rings (SSSR count). The summed E-state index contributed by atoms with van der Waals surface area (Å²) in [5.41, 5.74) is 8.58. The molecule has 8 heteroatoms. The first-order valence-corrected chi connectivity index (χ1v) is 9.02. The minimum Gasteiger partial charge on any atom is -0.398 e. The highest BCUT2D eigenvalue weighted by Gasteiger charge is 2.30. The number of ether oxygens (including phenoxy) is 1. The molecule has 0 radical (unpaired) electrons. The van der Waals surface area contributed by atoms with Gasteiger partial charge in [-0.25, -0.2) is 8.78 Å². The van der Waals surface area contributed by atoms with E-state index in [4.69, 9.17) is 10.5 Å². The maximum atomic E-state index is 14.2. The summed E-state index contributed by atoms with van der Waals surface area (Å²) in [5, 5.41) is 6.53. The normalized spacial score (nSPS) is 11.4. The van der Waals surface area contributed by atoms with Crippen LogP contribution in [0.15, 0.2) is 60.9 Å². The number of amides is 1. The Labute approximate surface area is 167 Å². The lowest BCUT2D eigenvalue weighted by molar-refractivity contribution is -0.0937. The minimum atomic E-state index is -3.08. The molecule has 6 nitrogen and oxygen atoms in total. The van der Waals surface area contributed by atoms with E-state index in [-0.39, 0.29) is 12.5 Å². The van der Waals surface area contributed by atoms with Gasteiger partial charge in [0.2, 0.25) is 0 Å². The van der Waals surface area contributed by atoms with Gasteiger partial charge < -0.3 is 15.8 Å². The summed E-state index contributed by atoms with van der Waals surface area (Å²) in [6.45, 7) is -1.20. The van der Waals surface area contributed by atoms with Crippen molar-refractivity contribution in [2.45, 2.75) is 19.1 Å². The van der Waals surface area contributed by atoms with Crippen molar-refractivity contribution < 1.29 is 18.3 Å². The van der Waals surface area contributed by atoms with Crippen molar-refractivity contribution in [3.8, 4) is 11.1 Å². The highest BCUT2D eigenvalue weighted by Crippen LogP contribution is 2.25. The Morgan fingerprint density at radius 2 is 1.97 bits per heavy atom. The summed E-state index contributed by atoms with van der Waals surface area (Å²) >= 11 is 0. The first-order chi connectivity index (χ1) is 13.9. The molecule has 0 aliphatic carbocycles. The Kier molecular flexibility index (Phi) is 6.23. The van der Waals surface area contributed by atoms with E-state index in [0.29, 0.717) is 22.4 Å². The highest BCUT2D eigenvalue weighted by atomic mass is 19.3. The monoisotopic (exact) mass is 400 g/mol. The zero-order valence-electron chi connectivity index (χ0n) is 15.9. The topological polar surface area (TPSA) is 82.2 Å². The number of hydrogen-bond donors (Lipinski definition) is 2. The Morgan fingerprint density at radius 3 is 2.69 bits per heavy atom. The van der Waals surface area contributed by atoms with Crippen LogP contribution in [0, 0.1) is 0 Å². The van der Waals surface area contributed by atoms with Crippen molar-refractivity contribution in [1.29, 1.82) is 0 Å². The quantitative estimate of drug-likeness (QED) is 0.568. The van der Waals surface area contributed by atoms with Gasteiger partial charge >= 0.3 is 0 Å². The maximum absolute atomic E-state index is 14.2. The fraction of sp³-hybridized carbons (Fsp3) is 0.238. The Hall–Kier alpha value is -3.26. The molecule has 3 aromatic rings. The Bertz CT molecular complexity index is 974. The number of rotatable bonds is 8. The largest absolute Gasteiger partial charge is 0.398 e. The number of anilines is 1. The summed E-state index contributed by atoms with van der Waals surface area (Å²) in [7, 11) is 1.51. The van der Waals surface area contributed by atoms with Crippen LogP contribution in [0.3, 0.4) is 0 Å². The van der Waals surface area contributed by atoms with Crippen LogP contribution in [-0.2, 0) is 17.9 Å². The van der Waals surface area contributed by atoms with Crippen molar-refractivity contribution >= 4 is 11.6 Å². The molecule has 1 amide bonds. The molecule has 0 aliphatic rings. The van der Waals surface area contributed by atoms with Gasteiger partial charge in [-0.1, -0.05) is 36.4 Å². The summed E-state index contributed by atoms with van der Waals surface area (Å²) in [6, 6.07) is 14.1. The third kappa shape index (κ3) is 5.39. The molecular weight excluding hydrogens is 378 g/mol. The molecule has 0 spiro atoms. The number of nitrogens with zero attached hydrogens (tertiary/aromatic N) is 2. The van der Waals surface area contributed by atoms with Crippen LogP contribution >= 0.6 is 0 Å². The van der Waals surface area contributed by atoms with Crippen LogP contribution < -0.4 is 11.1 Å². The number of hydrogen-bond acceptors (Lipinski definition) is 4. The van der Waals surface area contributed by atoms with Crippen LogP contribution in [0.4, 0.5) is 14.5 Å². The van der Waals surface area contributed by atoms with Gasteiger partial charge in [-0.3, -0.25) is 9.48 Å². The Balaban J connectivity index is 1.64. The van der Waals surface area contributed by atoms with Gasteiger partial charge in [-0.15, -0.1) is 0 Å². The summed E-state index contributed by atoms with van der Waals surface area (Å²) in [6.07, 6.45) is 2.98. The van der Waals surface area contributed by atoms with Gasteiger partial charge in [-0.05, 0) is 23.3 Å². The number of carbonyl (C=O) groups is 1. The van der Waals surface area contributed by atoms with E-state index >= 15 is 0 Å². The molecule has 0 atom stereocenters. The van der Waals surface area contributed by atoms with E-state index in [2.05, 4.69) is 10.4 Å². The minimum absolute atomic E-state index is 0.120. The van der Waals surface area contributed by atoms with Crippen molar-refractivity contribution in [3.63, 3.8) is 0 Å². The molecule has 0 fully saturated rings. The molecule has 0 saturated carbocycles. The van der Waals surface area contributed by atoms with E-state index in [1.807, 2.05) is 30.3 Å². The average molecular weight is 400 g/mol. The average Bonchev–Trinajstić information content (AvgIpc) is 3.16. The lowest BCUT2D eigenvalue weighted by atomic mass is 10.0. The van der Waals surface area contributed by atoms with Gasteiger partial charge in [0, 0.05) is 24.5 Å². The molecule has 0 aliphatic heterocycles. The van der Waals surface area contributed by atoms with Crippen molar-refractivity contribution in [2.75, 3.05) is 19.4 Å². The SMILES string of the molecule is CNC(=O)c1cc(-c2cnn(CC(F)(F)COCc3ccccc3)c2)ccc1N. The van der Waals surface area contributed by atoms with Crippen LogP contribution in [0.5, 0.6) is 0 Å². The molecular formula is C21H22F2N4O2. The van der Waals surface area contributed by atoms with Crippen LogP contribution in [-0.4, -0.2) is 35.3 Å². The molecule has 2 aromatic carbocycles. The zero-order valence-corrected chi connectivity index (χ0v) is 15.9. The van der Waals surface area contributed by atoms with Crippen LogP contribution in [0.2, 0.25) is 0 Å². The third-order valence-corrected chi connectivity index (χ3v) is 4.31. The van der Waals surface area contributed by atoms with Crippen LogP contribution in [0.25, 0.3) is 11.1 Å². The second-order valence-electron chi connectivity index (χ2n) is 6.64. The lowest BCUT2D eigenvalue weighted by Crippen LogP contribution is -2.29. The van der Waals surface area contributed by atoms with Gasteiger partial charge in [-0.2, -0.15) is 5.10 Å². The van der Waals surface area contributed by atoms with Gasteiger partial charge in [0.15, 0.2) is 0 Å². The van der Waals surface area contributed by atoms with Crippen LogP contribution in [0.1, 0.15) is 15.9 Å². The standard InChI is InChI=1S/C21H22F2N4O2/c1-25-20(28)18-9-16(7-8-19(18)24)17-10-26-27(11-17)13-21(22,23)14-29-12-15-5-3-2-4-6-15/h2-11H,12-14,24H2,1H3,(H,25,28). The molecule has 0 unspecified atom stereocenters. The number of alkyl halides is 2. The second-order valence-corrected chi connectivity index (χ2v) is 6.64. The molecule has 29 heavy (non-hydrogen) atoms. The van der Waals surface area contributed by atoms with Crippen molar-refractivity contribution in [2.24, 2.45) is 0 Å². The van der Waals surface area contributed by atoms with Crippen molar-refractivity contribution in [1.82, 2.24) is 15.1 Å². The number of aromatic nitrogens is 2. The molecule has 0 saturated heterocycles. The first-order valence-electron chi connectivity index (χ1n) is 9.02. The number of carbonyl (C=O) groups excluding carboxylic acids is 1. The van der Waals surface area contributed by atoms with E-state index in [1.165, 1.54) is 19.4 Å². The highest BCUT2D eigenvalue weighted by molar-refractivity contribution is 6.00. The van der Waals surface area contributed by atoms with Gasteiger partial charge in [0.05, 0.1) is 18.4 Å². The molecule has 1 aromatic heterocycles. The second kappa shape index (κ2) is 8.83. The van der Waals surface area contributed by atoms with E-state index < -0.39 is 19.1 Å². The van der Waals surface area contributed by atoms with E-state index in [0.717, 1.165) is 10.2 Å². The fourth-order valence-corrected chi connectivity index (χ4v) is 2.84. The third-order valence-electron chi connectivity index (χ3n) is 4.31. The van der Waals surface area contributed by atoms with Gasteiger partial charge in [0.25, 0.3) is 11.8 Å². The summed E-state index contributed by atoms with van der Waals surface area (Å²) < 4.78 is 34.8. The van der Waals surface area contributed by atoms with E-state index in [1.54, 1.807) is 18.2 Å². The van der Waals surface area contributed by atoms with Gasteiger partial charge in [0.1, 0.15) is 13.2 Å². The maximum Gasteiger partial charge on any atom is 0.290 e.